The topological polar surface area (TPSA) is 55.1 Å². The first-order valence-corrected chi connectivity index (χ1v) is 7.14. The van der Waals surface area contributed by atoms with Gasteiger partial charge in [0.25, 0.3) is 0 Å². The van der Waals surface area contributed by atoms with Crippen LogP contribution in [0.1, 0.15) is 57.8 Å². The molecule has 0 aromatic rings. The van der Waals surface area contributed by atoms with Gasteiger partial charge in [-0.2, -0.15) is 0 Å². The second-order valence-electron chi connectivity index (χ2n) is 4.98. The van der Waals surface area contributed by atoms with Crippen molar-refractivity contribution in [2.75, 3.05) is 6.54 Å². The van der Waals surface area contributed by atoms with Crippen molar-refractivity contribution in [3.63, 3.8) is 0 Å². The zero-order valence-corrected chi connectivity index (χ0v) is 11.4. The average molecular weight is 256 g/mol. The van der Waals surface area contributed by atoms with Gasteiger partial charge < -0.3 is 11.1 Å². The molecule has 0 saturated heterocycles. The lowest BCUT2D eigenvalue weighted by Gasteiger charge is -2.13. The average Bonchev–Trinajstić information content (AvgIpc) is 2.53. The molecule has 1 saturated carbocycles. The normalized spacial score (nSPS) is 17.4. The van der Waals surface area contributed by atoms with Crippen molar-refractivity contribution in [1.29, 1.82) is 0 Å². The third-order valence-corrected chi connectivity index (χ3v) is 3.58. The van der Waals surface area contributed by atoms with Gasteiger partial charge >= 0.3 is 0 Å². The van der Waals surface area contributed by atoms with E-state index in [1.165, 1.54) is 38.5 Å². The van der Waals surface area contributed by atoms with E-state index in [4.69, 9.17) is 18.0 Å². The lowest BCUT2D eigenvalue weighted by atomic mass is 9.96. The summed E-state index contributed by atoms with van der Waals surface area (Å²) in [6.07, 6.45) is 9.98. The number of carbonyl (C=O) groups excluding carboxylic acids is 1. The molecule has 1 fully saturated rings. The van der Waals surface area contributed by atoms with Crippen molar-refractivity contribution in [1.82, 2.24) is 5.32 Å². The molecule has 17 heavy (non-hydrogen) atoms. The van der Waals surface area contributed by atoms with Crippen molar-refractivity contribution in [3.8, 4) is 0 Å². The molecule has 0 unspecified atom stereocenters. The predicted molar refractivity (Wildman–Crippen MR) is 74.8 cm³/mol. The van der Waals surface area contributed by atoms with Crippen LogP contribution in [0.3, 0.4) is 0 Å². The zero-order chi connectivity index (χ0) is 12.5. The van der Waals surface area contributed by atoms with Crippen molar-refractivity contribution >= 4 is 23.1 Å². The fraction of sp³-hybridized carbons (Fsp3) is 0.846. The van der Waals surface area contributed by atoms with Crippen LogP contribution >= 0.6 is 12.2 Å². The van der Waals surface area contributed by atoms with Gasteiger partial charge in [-0.3, -0.25) is 4.79 Å². The van der Waals surface area contributed by atoms with Crippen LogP contribution in [0, 0.1) is 5.92 Å². The van der Waals surface area contributed by atoms with E-state index in [0.717, 1.165) is 12.8 Å². The van der Waals surface area contributed by atoms with Crippen LogP contribution in [-0.2, 0) is 4.79 Å². The summed E-state index contributed by atoms with van der Waals surface area (Å²) in [5.74, 6) is 0.799. The standard InChI is InChI=1S/C13H24N2OS/c14-12(17)8-5-9-15-13(16)10-11-6-3-1-2-4-7-11/h11H,1-10H2,(H2,14,17)(H,15,16). The number of nitrogens with two attached hydrogens (primary N) is 1. The molecule has 0 aliphatic heterocycles. The van der Waals surface area contributed by atoms with E-state index in [0.29, 0.717) is 23.9 Å². The molecule has 0 aromatic heterocycles. The summed E-state index contributed by atoms with van der Waals surface area (Å²) in [5, 5.41) is 2.95. The lowest BCUT2D eigenvalue weighted by Crippen LogP contribution is -2.27. The first kappa shape index (κ1) is 14.4. The highest BCUT2D eigenvalue weighted by Gasteiger charge is 2.15. The molecule has 0 atom stereocenters. The maximum atomic E-state index is 11.7. The SMILES string of the molecule is NC(=S)CCCNC(=O)CC1CCCCCC1. The number of rotatable bonds is 6. The van der Waals surface area contributed by atoms with E-state index in [-0.39, 0.29) is 5.91 Å². The third kappa shape index (κ3) is 7.31. The number of amides is 1. The minimum Gasteiger partial charge on any atom is -0.393 e. The van der Waals surface area contributed by atoms with E-state index in [9.17, 15) is 4.79 Å². The van der Waals surface area contributed by atoms with Crippen molar-refractivity contribution in [2.45, 2.75) is 57.8 Å². The van der Waals surface area contributed by atoms with Gasteiger partial charge in [-0.15, -0.1) is 0 Å². The van der Waals surface area contributed by atoms with Crippen LogP contribution in [0.5, 0.6) is 0 Å². The van der Waals surface area contributed by atoms with Crippen LogP contribution < -0.4 is 11.1 Å². The van der Waals surface area contributed by atoms with Crippen molar-refractivity contribution < 1.29 is 4.79 Å². The molecule has 0 heterocycles. The van der Waals surface area contributed by atoms with E-state index in [1.54, 1.807) is 0 Å². The molecule has 1 aliphatic rings. The van der Waals surface area contributed by atoms with Gasteiger partial charge in [-0.25, -0.2) is 0 Å². The fourth-order valence-corrected chi connectivity index (χ4v) is 2.54. The van der Waals surface area contributed by atoms with Gasteiger partial charge in [-0.1, -0.05) is 37.9 Å². The molecule has 98 valence electrons. The summed E-state index contributed by atoms with van der Waals surface area (Å²) < 4.78 is 0. The van der Waals surface area contributed by atoms with E-state index >= 15 is 0 Å². The third-order valence-electron chi connectivity index (χ3n) is 3.37. The maximum absolute atomic E-state index is 11.7. The number of nitrogens with one attached hydrogen (secondary N) is 1. The lowest BCUT2D eigenvalue weighted by molar-refractivity contribution is -0.122. The minimum atomic E-state index is 0.194. The largest absolute Gasteiger partial charge is 0.393 e. The Morgan fingerprint density at radius 3 is 2.47 bits per heavy atom. The summed E-state index contributed by atoms with van der Waals surface area (Å²) in [6.45, 7) is 0.697. The highest BCUT2D eigenvalue weighted by Crippen LogP contribution is 2.25. The molecular weight excluding hydrogens is 232 g/mol. The number of hydrogen-bond acceptors (Lipinski definition) is 2. The van der Waals surface area contributed by atoms with Crippen LogP contribution in [0.15, 0.2) is 0 Å². The van der Waals surface area contributed by atoms with Gasteiger partial charge in [0.05, 0.1) is 4.99 Å². The summed E-state index contributed by atoms with van der Waals surface area (Å²) in [4.78, 5) is 12.2. The Bertz CT molecular complexity index is 248. The van der Waals surface area contributed by atoms with E-state index in [2.05, 4.69) is 5.32 Å². The summed E-state index contributed by atoms with van der Waals surface area (Å²) in [5.41, 5.74) is 5.39. The second-order valence-corrected chi connectivity index (χ2v) is 5.51. The van der Waals surface area contributed by atoms with Gasteiger partial charge in [0.2, 0.25) is 5.91 Å². The zero-order valence-electron chi connectivity index (χ0n) is 10.5. The Morgan fingerprint density at radius 1 is 1.24 bits per heavy atom. The Morgan fingerprint density at radius 2 is 1.88 bits per heavy atom. The summed E-state index contributed by atoms with van der Waals surface area (Å²) >= 11 is 4.79. The molecule has 0 radical (unpaired) electrons. The van der Waals surface area contributed by atoms with Crippen LogP contribution in [0.4, 0.5) is 0 Å². The molecule has 4 heteroatoms. The Hall–Kier alpha value is -0.640. The predicted octanol–water partition coefficient (Wildman–Crippen LogP) is 2.53. The molecular formula is C13H24N2OS. The molecule has 1 aliphatic carbocycles. The van der Waals surface area contributed by atoms with E-state index in [1.807, 2.05) is 0 Å². The van der Waals surface area contributed by atoms with Gasteiger partial charge in [0.1, 0.15) is 0 Å². The van der Waals surface area contributed by atoms with Crippen LogP contribution in [0.25, 0.3) is 0 Å². The molecule has 3 N–H and O–H groups in total. The first-order chi connectivity index (χ1) is 8.18. The van der Waals surface area contributed by atoms with E-state index < -0.39 is 0 Å². The molecule has 1 amide bonds. The maximum Gasteiger partial charge on any atom is 0.220 e. The molecule has 0 spiro atoms. The Labute approximate surface area is 110 Å². The Balaban J connectivity index is 2.08. The monoisotopic (exact) mass is 256 g/mol. The van der Waals surface area contributed by atoms with Gasteiger partial charge in [-0.05, 0) is 31.6 Å². The van der Waals surface area contributed by atoms with Crippen molar-refractivity contribution in [3.05, 3.63) is 0 Å². The molecule has 0 bridgehead atoms. The summed E-state index contributed by atoms with van der Waals surface area (Å²) in [6, 6.07) is 0. The quantitative estimate of drug-likeness (QED) is 0.436. The molecule has 3 nitrogen and oxygen atoms in total. The number of carbonyl (C=O) groups is 1. The van der Waals surface area contributed by atoms with Crippen molar-refractivity contribution in [2.24, 2.45) is 11.7 Å². The molecule has 0 aromatic carbocycles. The Kier molecular flexibility index (Phi) is 7.17. The first-order valence-electron chi connectivity index (χ1n) is 6.73. The number of thiocarbonyl (C=S) groups is 1. The van der Waals surface area contributed by atoms with Gasteiger partial charge in [0.15, 0.2) is 0 Å². The second kappa shape index (κ2) is 8.45. The number of hydrogen-bond donors (Lipinski definition) is 2. The van der Waals surface area contributed by atoms with Crippen LogP contribution in [0.2, 0.25) is 0 Å². The summed E-state index contributed by atoms with van der Waals surface area (Å²) in [7, 11) is 0. The smallest absolute Gasteiger partial charge is 0.220 e. The van der Waals surface area contributed by atoms with Crippen LogP contribution in [-0.4, -0.2) is 17.4 Å². The minimum absolute atomic E-state index is 0.194. The highest BCUT2D eigenvalue weighted by atomic mass is 32.1. The van der Waals surface area contributed by atoms with Gasteiger partial charge in [0, 0.05) is 13.0 Å². The molecule has 1 rings (SSSR count). The highest BCUT2D eigenvalue weighted by molar-refractivity contribution is 7.80. The fourth-order valence-electron chi connectivity index (χ4n) is 2.39.